The van der Waals surface area contributed by atoms with Crippen molar-refractivity contribution in [1.82, 2.24) is 19.2 Å². The number of anilines is 1. The van der Waals surface area contributed by atoms with Gasteiger partial charge in [-0.05, 0) is 29.5 Å². The predicted molar refractivity (Wildman–Crippen MR) is 107 cm³/mol. The van der Waals surface area contributed by atoms with Crippen LogP contribution in [0.1, 0.15) is 26.5 Å². The van der Waals surface area contributed by atoms with E-state index >= 15 is 0 Å². The summed E-state index contributed by atoms with van der Waals surface area (Å²) in [6.45, 7) is 0.630. The molecule has 0 radical (unpaired) electrons. The van der Waals surface area contributed by atoms with Crippen LogP contribution >= 0.6 is 11.8 Å². The van der Waals surface area contributed by atoms with E-state index in [4.69, 9.17) is 21.6 Å². The van der Waals surface area contributed by atoms with Gasteiger partial charge in [-0.25, -0.2) is 28.6 Å². The van der Waals surface area contributed by atoms with Crippen molar-refractivity contribution in [1.29, 1.82) is 0 Å². The minimum Gasteiger partial charge on any atom is -0.482 e. The molecule has 0 saturated heterocycles. The lowest BCUT2D eigenvalue weighted by atomic mass is 10.1. The van der Waals surface area contributed by atoms with Crippen LogP contribution in [0.15, 0.2) is 35.3 Å². The fourth-order valence-corrected chi connectivity index (χ4v) is 2.86. The fourth-order valence-electron chi connectivity index (χ4n) is 2.71. The number of carbonyl (C=O) groups is 3. The van der Waals surface area contributed by atoms with Crippen molar-refractivity contribution >= 4 is 41.0 Å². The van der Waals surface area contributed by atoms with Crippen LogP contribution in [-0.4, -0.2) is 51.0 Å². The minimum atomic E-state index is -1.30. The highest BCUT2D eigenvalue weighted by atomic mass is 35.5. The van der Waals surface area contributed by atoms with Gasteiger partial charge in [0.25, 0.3) is 5.91 Å². The van der Waals surface area contributed by atoms with Gasteiger partial charge in [0.1, 0.15) is 11.4 Å². The van der Waals surface area contributed by atoms with Crippen molar-refractivity contribution in [2.45, 2.75) is 6.54 Å². The van der Waals surface area contributed by atoms with Crippen LogP contribution in [0, 0.1) is 0 Å². The highest BCUT2D eigenvalue weighted by Gasteiger charge is 2.18. The number of rotatable bonds is 4. The van der Waals surface area contributed by atoms with Gasteiger partial charge in [0, 0.05) is 18.8 Å². The molecular formula is C18H16ClN5O7. The summed E-state index contributed by atoms with van der Waals surface area (Å²) >= 11 is 5.38. The Labute approximate surface area is 178 Å². The number of halogens is 1. The van der Waals surface area contributed by atoms with Gasteiger partial charge in [-0.3, -0.25) is 4.79 Å². The molecule has 1 aromatic carbocycles. The van der Waals surface area contributed by atoms with E-state index in [2.05, 4.69) is 24.9 Å². The summed E-state index contributed by atoms with van der Waals surface area (Å²) in [5.74, 6) is -1.55. The molecule has 12 nitrogen and oxygen atoms in total. The van der Waals surface area contributed by atoms with E-state index in [1.165, 1.54) is 6.20 Å². The number of benzene rings is 1. The third kappa shape index (κ3) is 4.82. The quantitative estimate of drug-likeness (QED) is 0.332. The summed E-state index contributed by atoms with van der Waals surface area (Å²) in [7, 11) is 1.13. The molecule has 1 amide bonds. The maximum absolute atomic E-state index is 11.4. The van der Waals surface area contributed by atoms with E-state index in [0.29, 0.717) is 18.0 Å². The van der Waals surface area contributed by atoms with Gasteiger partial charge >= 0.3 is 17.6 Å². The normalized spacial score (nSPS) is 12.1. The van der Waals surface area contributed by atoms with E-state index in [-0.39, 0.29) is 29.5 Å². The molecule has 0 aliphatic carbocycles. The number of ether oxygens (including phenoxy) is 2. The number of carbonyl (C=O) groups excluding carboxylic acids is 2. The molecule has 3 aromatic rings. The molecule has 0 bridgehead atoms. The first kappa shape index (κ1) is 21.8. The van der Waals surface area contributed by atoms with Gasteiger partial charge in [0.05, 0.1) is 12.8 Å². The number of nitrogens with one attached hydrogen (secondary N) is 3. The van der Waals surface area contributed by atoms with Crippen molar-refractivity contribution in [2.24, 2.45) is 0 Å². The predicted octanol–water partition coefficient (Wildman–Crippen LogP) is 0.768. The number of aromatic amines is 1. The molecule has 0 fully saturated rings. The second kappa shape index (κ2) is 9.28. The number of imidazole rings is 1. The molecule has 1 aliphatic heterocycles. The number of amides is 1. The number of fused-ring (bicyclic) bond motifs is 2. The average molecular weight is 450 g/mol. The molecule has 13 heteroatoms. The Kier molecular flexibility index (Phi) is 6.52. The lowest BCUT2D eigenvalue weighted by Crippen LogP contribution is -2.25. The van der Waals surface area contributed by atoms with E-state index in [9.17, 15) is 19.2 Å². The zero-order chi connectivity index (χ0) is 22.5. The molecule has 2 aromatic heterocycles. The summed E-state index contributed by atoms with van der Waals surface area (Å²) in [6, 6.07) is 6.53. The number of aromatic carboxylic acids is 1. The minimum absolute atomic E-state index is 0.0373. The Morgan fingerprint density at radius 2 is 2.13 bits per heavy atom. The van der Waals surface area contributed by atoms with Crippen molar-refractivity contribution in [3.8, 4) is 5.75 Å². The first-order valence-corrected chi connectivity index (χ1v) is 9.03. The maximum atomic E-state index is 11.4. The van der Waals surface area contributed by atoms with Gasteiger partial charge in [-0.1, -0.05) is 6.07 Å². The molecule has 0 saturated carbocycles. The standard InChI is InChI=1S/C9H9ClN2O2.C9H7N3O5/c10-11-4-6-1-2-8-7(3-6)12-9(13)5-14-8;1-17-8(15)5-2-4(7(13)14)11-6-3-10-9(16)12(5)6/h1-3,11H,4-5H2,(H,12,13);2-3H,1H3,(H,10,16)(H,13,14). The molecule has 0 atom stereocenters. The Bertz CT molecular complexity index is 1220. The summed E-state index contributed by atoms with van der Waals surface area (Å²) in [4.78, 5) is 53.2. The molecular weight excluding hydrogens is 434 g/mol. The Morgan fingerprint density at radius 3 is 2.81 bits per heavy atom. The zero-order valence-electron chi connectivity index (χ0n) is 16.0. The second-order valence-corrected chi connectivity index (χ2v) is 6.36. The van der Waals surface area contributed by atoms with Gasteiger partial charge < -0.3 is 24.9 Å². The van der Waals surface area contributed by atoms with Crippen LogP contribution in [0.25, 0.3) is 5.65 Å². The van der Waals surface area contributed by atoms with Crippen molar-refractivity contribution in [2.75, 3.05) is 19.0 Å². The lowest BCUT2D eigenvalue weighted by Gasteiger charge is -2.18. The molecule has 4 rings (SSSR count). The summed E-state index contributed by atoms with van der Waals surface area (Å²) < 4.78 is 10.6. The largest absolute Gasteiger partial charge is 0.482 e. The lowest BCUT2D eigenvalue weighted by molar-refractivity contribution is -0.118. The van der Waals surface area contributed by atoms with Gasteiger partial charge in [0.15, 0.2) is 17.9 Å². The Morgan fingerprint density at radius 1 is 1.35 bits per heavy atom. The summed E-state index contributed by atoms with van der Waals surface area (Å²) in [5, 5.41) is 11.5. The van der Waals surface area contributed by atoms with E-state index in [1.807, 2.05) is 18.2 Å². The molecule has 162 valence electrons. The first-order chi connectivity index (χ1) is 14.8. The topological polar surface area (TPSA) is 164 Å². The number of hydrogen-bond donors (Lipinski definition) is 4. The molecule has 4 N–H and O–H groups in total. The van der Waals surface area contributed by atoms with Crippen molar-refractivity contribution in [3.63, 3.8) is 0 Å². The number of esters is 1. The van der Waals surface area contributed by atoms with E-state index < -0.39 is 17.6 Å². The number of aromatic nitrogens is 3. The molecule has 3 heterocycles. The summed E-state index contributed by atoms with van der Waals surface area (Å²) in [5.41, 5.74) is 0.598. The highest BCUT2D eigenvalue weighted by molar-refractivity contribution is 6.13. The van der Waals surface area contributed by atoms with Crippen LogP contribution in [0.4, 0.5) is 5.69 Å². The van der Waals surface area contributed by atoms with Crippen molar-refractivity contribution in [3.05, 3.63) is 57.9 Å². The van der Waals surface area contributed by atoms with Crippen LogP contribution < -0.4 is 20.6 Å². The number of hydrogen-bond acceptors (Lipinski definition) is 8. The number of carboxylic acid groups (broad SMARTS) is 1. The molecule has 31 heavy (non-hydrogen) atoms. The van der Waals surface area contributed by atoms with Crippen LogP contribution in [-0.2, 0) is 16.1 Å². The van der Waals surface area contributed by atoms with Gasteiger partial charge in [-0.15, -0.1) is 0 Å². The third-order valence-corrected chi connectivity index (χ3v) is 4.20. The van der Waals surface area contributed by atoms with E-state index in [1.54, 1.807) is 0 Å². The maximum Gasteiger partial charge on any atom is 0.355 e. The zero-order valence-corrected chi connectivity index (χ0v) is 16.7. The molecule has 1 aliphatic rings. The number of H-pyrrole nitrogens is 1. The highest BCUT2D eigenvalue weighted by Crippen LogP contribution is 2.28. The average Bonchev–Trinajstić information content (AvgIpc) is 3.13. The SMILES string of the molecule is COC(=O)c1cc(C(=O)O)nc2c[nH]c(=O)n12.O=C1COc2ccc(CNCl)cc2N1. The third-order valence-electron chi connectivity index (χ3n) is 4.07. The number of carboxylic acids is 1. The number of methoxy groups -OCH3 is 1. The summed E-state index contributed by atoms with van der Waals surface area (Å²) in [6.07, 6.45) is 1.21. The monoisotopic (exact) mass is 449 g/mol. The molecule has 0 spiro atoms. The van der Waals surface area contributed by atoms with E-state index in [0.717, 1.165) is 23.1 Å². The second-order valence-electron chi connectivity index (χ2n) is 6.09. The Hall–Kier alpha value is -3.90. The number of nitrogens with zero attached hydrogens (tertiary/aromatic N) is 2. The van der Waals surface area contributed by atoms with Gasteiger partial charge in [-0.2, -0.15) is 0 Å². The van der Waals surface area contributed by atoms with Crippen LogP contribution in [0.3, 0.4) is 0 Å². The Balaban J connectivity index is 0.000000179. The first-order valence-electron chi connectivity index (χ1n) is 8.66. The van der Waals surface area contributed by atoms with Crippen LogP contribution in [0.2, 0.25) is 0 Å². The van der Waals surface area contributed by atoms with Crippen LogP contribution in [0.5, 0.6) is 5.75 Å². The fraction of sp³-hybridized carbons (Fsp3) is 0.167. The van der Waals surface area contributed by atoms with Crippen molar-refractivity contribution < 1.29 is 29.0 Å². The van der Waals surface area contributed by atoms with Gasteiger partial charge in [0.2, 0.25) is 0 Å². The molecule has 0 unspecified atom stereocenters. The smallest absolute Gasteiger partial charge is 0.355 e.